The van der Waals surface area contributed by atoms with Crippen molar-refractivity contribution in [2.45, 2.75) is 19.3 Å². The molecule has 12 rings (SSSR count). The van der Waals surface area contributed by atoms with Crippen LogP contribution in [0.25, 0.3) is 105 Å². The summed E-state index contributed by atoms with van der Waals surface area (Å²) in [6.45, 7) is 4.74. The maximum absolute atomic E-state index is 5.35. The van der Waals surface area contributed by atoms with E-state index in [4.69, 9.17) is 9.97 Å². The molecule has 3 heteroatoms. The molecule has 0 atom stereocenters. The largest absolute Gasteiger partial charge is 0.309 e. The van der Waals surface area contributed by atoms with Gasteiger partial charge in [0, 0.05) is 38.6 Å². The van der Waals surface area contributed by atoms with Crippen molar-refractivity contribution in [1.29, 1.82) is 0 Å². The Morgan fingerprint density at radius 2 is 1.02 bits per heavy atom. The predicted molar refractivity (Wildman–Crippen MR) is 251 cm³/mol. The number of hydrogen-bond donors (Lipinski definition) is 0. The van der Waals surface area contributed by atoms with Gasteiger partial charge in [0.1, 0.15) is 0 Å². The van der Waals surface area contributed by atoms with Crippen molar-refractivity contribution in [2.24, 2.45) is 0 Å². The monoisotopic (exact) mass is 765 g/mol. The fourth-order valence-corrected chi connectivity index (χ4v) is 9.98. The first-order valence-electron chi connectivity index (χ1n) is 20.7. The van der Waals surface area contributed by atoms with Gasteiger partial charge in [-0.2, -0.15) is 0 Å². The van der Waals surface area contributed by atoms with Crippen LogP contribution in [0, 0.1) is 0 Å². The summed E-state index contributed by atoms with van der Waals surface area (Å²) in [5.41, 5.74) is 16.1. The van der Waals surface area contributed by atoms with Crippen molar-refractivity contribution in [3.8, 4) is 61.8 Å². The van der Waals surface area contributed by atoms with E-state index in [1.54, 1.807) is 0 Å². The van der Waals surface area contributed by atoms with Gasteiger partial charge in [-0.1, -0.05) is 178 Å². The molecular weight excluding hydrogens is 727 g/mol. The van der Waals surface area contributed by atoms with Crippen LogP contribution in [0.2, 0.25) is 0 Å². The second-order valence-electron chi connectivity index (χ2n) is 16.5. The zero-order valence-electron chi connectivity index (χ0n) is 33.4. The second-order valence-corrected chi connectivity index (χ2v) is 16.5. The Hall–Kier alpha value is -7.62. The second kappa shape index (κ2) is 13.2. The molecule has 0 unspecified atom stereocenters. The summed E-state index contributed by atoms with van der Waals surface area (Å²) in [6.07, 6.45) is 0. The van der Waals surface area contributed by atoms with Gasteiger partial charge in [-0.15, -0.1) is 0 Å². The van der Waals surface area contributed by atoms with Crippen LogP contribution >= 0.6 is 0 Å². The van der Waals surface area contributed by atoms with Gasteiger partial charge in [0.2, 0.25) is 0 Å². The molecule has 0 amide bonds. The van der Waals surface area contributed by atoms with E-state index in [1.165, 1.54) is 60.3 Å². The quantitative estimate of drug-likeness (QED) is 0.175. The normalized spacial score (nSPS) is 13.0. The number of hydrogen-bond acceptors (Lipinski definition) is 2. The number of benzene rings is 9. The minimum atomic E-state index is -0.123. The fraction of sp³-hybridized carbons (Fsp3) is 0.0526. The van der Waals surface area contributed by atoms with Gasteiger partial charge >= 0.3 is 0 Å². The Morgan fingerprint density at radius 1 is 0.400 bits per heavy atom. The van der Waals surface area contributed by atoms with Crippen molar-refractivity contribution >= 4 is 43.4 Å². The van der Waals surface area contributed by atoms with Gasteiger partial charge in [-0.3, -0.25) is 0 Å². The Balaban J connectivity index is 1.05. The number of para-hydroxylation sites is 2. The molecule has 0 N–H and O–H groups in total. The third-order valence-corrected chi connectivity index (χ3v) is 12.8. The topological polar surface area (TPSA) is 30.7 Å². The Morgan fingerprint density at radius 3 is 1.82 bits per heavy atom. The van der Waals surface area contributed by atoms with E-state index in [2.05, 4.69) is 213 Å². The van der Waals surface area contributed by atoms with E-state index >= 15 is 0 Å². The van der Waals surface area contributed by atoms with E-state index in [9.17, 15) is 0 Å². The summed E-state index contributed by atoms with van der Waals surface area (Å²) in [5.74, 6) is 0.702. The highest BCUT2D eigenvalue weighted by molar-refractivity contribution is 6.16. The lowest BCUT2D eigenvalue weighted by Gasteiger charge is -2.22. The average Bonchev–Trinajstić information content (AvgIpc) is 3.77. The van der Waals surface area contributed by atoms with Crippen molar-refractivity contribution in [1.82, 2.24) is 14.5 Å². The van der Waals surface area contributed by atoms with Crippen LogP contribution < -0.4 is 0 Å². The molecule has 2 heterocycles. The van der Waals surface area contributed by atoms with Crippen molar-refractivity contribution in [3.05, 3.63) is 211 Å². The number of rotatable bonds is 5. The molecule has 1 aliphatic rings. The molecule has 0 fully saturated rings. The maximum Gasteiger partial charge on any atom is 0.160 e. The van der Waals surface area contributed by atoms with Gasteiger partial charge in [-0.25, -0.2) is 9.97 Å². The van der Waals surface area contributed by atoms with Gasteiger partial charge in [0.25, 0.3) is 0 Å². The molecule has 1 aliphatic carbocycles. The Bertz CT molecular complexity index is 3500. The van der Waals surface area contributed by atoms with E-state index in [1.807, 2.05) is 6.07 Å². The minimum Gasteiger partial charge on any atom is -0.309 e. The van der Waals surface area contributed by atoms with E-state index in [-0.39, 0.29) is 5.41 Å². The number of fused-ring (bicyclic) bond motifs is 9. The van der Waals surface area contributed by atoms with Gasteiger partial charge in [-0.05, 0) is 91.3 Å². The lowest BCUT2D eigenvalue weighted by atomic mass is 9.81. The third-order valence-electron chi connectivity index (χ3n) is 12.8. The summed E-state index contributed by atoms with van der Waals surface area (Å²) in [6, 6.07) is 72.3. The molecule has 0 aliphatic heterocycles. The highest BCUT2D eigenvalue weighted by atomic mass is 15.0. The van der Waals surface area contributed by atoms with Crippen LogP contribution in [-0.2, 0) is 5.41 Å². The summed E-state index contributed by atoms with van der Waals surface area (Å²) in [7, 11) is 0. The first-order valence-corrected chi connectivity index (χ1v) is 20.7. The molecule has 3 nitrogen and oxygen atoms in total. The summed E-state index contributed by atoms with van der Waals surface area (Å²) in [5, 5.41) is 7.33. The van der Waals surface area contributed by atoms with Crippen molar-refractivity contribution in [2.75, 3.05) is 0 Å². The van der Waals surface area contributed by atoms with Crippen molar-refractivity contribution < 1.29 is 0 Å². The van der Waals surface area contributed by atoms with Crippen LogP contribution in [-0.4, -0.2) is 14.5 Å². The van der Waals surface area contributed by atoms with Crippen LogP contribution in [0.3, 0.4) is 0 Å². The van der Waals surface area contributed by atoms with Crippen LogP contribution in [0.15, 0.2) is 200 Å². The Kier molecular flexibility index (Phi) is 7.58. The molecule has 60 heavy (non-hydrogen) atoms. The summed E-state index contributed by atoms with van der Waals surface area (Å²) in [4.78, 5) is 10.7. The molecule has 0 bridgehead atoms. The SMILES string of the molecule is CC1(C)c2cc(-c3ccc(-c4cc(-c5cccc6c5c5ccccc5n6-c5ccccc5)nc(-c5ccccc5)n4)c4ccccc34)ccc2-c2c1ccc1ccccc21. The van der Waals surface area contributed by atoms with Gasteiger partial charge < -0.3 is 4.57 Å². The number of aromatic nitrogens is 3. The molecule has 0 saturated heterocycles. The molecule has 9 aromatic carbocycles. The third kappa shape index (κ3) is 5.15. The molecule has 11 aromatic rings. The molecule has 282 valence electrons. The van der Waals surface area contributed by atoms with Crippen LogP contribution in [0.4, 0.5) is 0 Å². The highest BCUT2D eigenvalue weighted by Gasteiger charge is 2.36. The van der Waals surface area contributed by atoms with E-state index in [0.29, 0.717) is 5.82 Å². The van der Waals surface area contributed by atoms with Gasteiger partial charge in [0.15, 0.2) is 5.82 Å². The molecule has 2 aromatic heterocycles. The van der Waals surface area contributed by atoms with Gasteiger partial charge in [0.05, 0.1) is 22.4 Å². The minimum absolute atomic E-state index is 0.123. The van der Waals surface area contributed by atoms with Crippen LogP contribution in [0.5, 0.6) is 0 Å². The lowest BCUT2D eigenvalue weighted by Crippen LogP contribution is -2.15. The lowest BCUT2D eigenvalue weighted by molar-refractivity contribution is 0.661. The molecule has 0 saturated carbocycles. The highest BCUT2D eigenvalue weighted by Crippen LogP contribution is 2.52. The Labute approximate surface area is 348 Å². The first kappa shape index (κ1) is 34.4. The van der Waals surface area contributed by atoms with Crippen LogP contribution in [0.1, 0.15) is 25.0 Å². The fourth-order valence-electron chi connectivity index (χ4n) is 9.98. The zero-order valence-corrected chi connectivity index (χ0v) is 33.4. The maximum atomic E-state index is 5.35. The average molecular weight is 766 g/mol. The summed E-state index contributed by atoms with van der Waals surface area (Å²) >= 11 is 0. The smallest absolute Gasteiger partial charge is 0.160 e. The van der Waals surface area contributed by atoms with E-state index in [0.717, 1.165) is 50.2 Å². The predicted octanol–water partition coefficient (Wildman–Crippen LogP) is 14.9. The van der Waals surface area contributed by atoms with Crippen molar-refractivity contribution in [3.63, 3.8) is 0 Å². The summed E-state index contributed by atoms with van der Waals surface area (Å²) < 4.78 is 2.36. The standard InChI is InChI=1S/C57H39N3/c1-57(2)48-33-29-36-16-9-10-21-41(36)54(48)45-30-28-38(34-49(45)57)40-31-32-44(43-23-12-11-22-42(40)43)50-35-51(59-56(58-50)37-17-5-3-6-18-37)46-25-15-27-53-55(46)47-24-13-14-26-52(47)60(53)39-19-7-4-8-20-39/h3-35H,1-2H3. The van der Waals surface area contributed by atoms with E-state index < -0.39 is 0 Å². The zero-order chi connectivity index (χ0) is 40.0. The number of nitrogens with zero attached hydrogens (tertiary/aromatic N) is 3. The first-order chi connectivity index (χ1) is 29.5. The molecule has 0 radical (unpaired) electrons. The molecule has 0 spiro atoms. The molecular formula is C57H39N3.